The van der Waals surface area contributed by atoms with Crippen molar-refractivity contribution in [1.82, 2.24) is 15.2 Å². The van der Waals surface area contributed by atoms with Gasteiger partial charge in [0.15, 0.2) is 0 Å². The zero-order valence-corrected chi connectivity index (χ0v) is 16.6. The van der Waals surface area contributed by atoms with Gasteiger partial charge in [-0.25, -0.2) is 0 Å². The van der Waals surface area contributed by atoms with Crippen molar-refractivity contribution in [2.75, 3.05) is 32.5 Å². The van der Waals surface area contributed by atoms with Crippen molar-refractivity contribution in [1.29, 1.82) is 0 Å². The summed E-state index contributed by atoms with van der Waals surface area (Å²) in [6.07, 6.45) is 1.77. The van der Waals surface area contributed by atoms with Crippen LogP contribution in [0.25, 0.3) is 11.6 Å². The van der Waals surface area contributed by atoms with Gasteiger partial charge in [0.25, 0.3) is 11.8 Å². The van der Waals surface area contributed by atoms with Crippen molar-refractivity contribution in [2.45, 2.75) is 13.8 Å². The number of amides is 2. The monoisotopic (exact) mass is 386 g/mol. The molecule has 2 amide bonds. The van der Waals surface area contributed by atoms with Gasteiger partial charge < -0.3 is 20.5 Å². The van der Waals surface area contributed by atoms with Crippen LogP contribution in [0, 0.1) is 13.8 Å². The quantitative estimate of drug-likeness (QED) is 0.691. The minimum atomic E-state index is -0.184. The van der Waals surface area contributed by atoms with Gasteiger partial charge in [-0.3, -0.25) is 9.59 Å². The molecular weight excluding hydrogens is 364 g/mol. The van der Waals surface area contributed by atoms with Crippen molar-refractivity contribution in [3.8, 4) is 0 Å². The zero-order chi connectivity index (χ0) is 19.7. The fourth-order valence-corrected chi connectivity index (χ4v) is 3.36. The summed E-state index contributed by atoms with van der Waals surface area (Å²) in [7, 11) is 3.92. The van der Waals surface area contributed by atoms with E-state index in [1.54, 1.807) is 24.3 Å². The summed E-state index contributed by atoms with van der Waals surface area (Å²) in [5.74, 6) is -0.303. The Morgan fingerprint density at radius 1 is 1.30 bits per heavy atom. The van der Waals surface area contributed by atoms with Crippen molar-refractivity contribution in [3.05, 3.63) is 51.3 Å². The van der Waals surface area contributed by atoms with Crippen LogP contribution >= 0.6 is 11.6 Å². The molecule has 3 N–H and O–H groups in total. The maximum absolute atomic E-state index is 12.6. The maximum Gasteiger partial charge on any atom is 0.256 e. The first-order valence-corrected chi connectivity index (χ1v) is 9.10. The second-order valence-electron chi connectivity index (χ2n) is 6.92. The first kappa shape index (κ1) is 19.2. The van der Waals surface area contributed by atoms with E-state index in [1.807, 2.05) is 32.8 Å². The molecule has 1 aromatic carbocycles. The highest BCUT2D eigenvalue weighted by Crippen LogP contribution is 2.35. The predicted molar refractivity (Wildman–Crippen MR) is 109 cm³/mol. The van der Waals surface area contributed by atoms with Crippen LogP contribution in [-0.4, -0.2) is 48.9 Å². The number of fused-ring (bicyclic) bond motifs is 1. The van der Waals surface area contributed by atoms with Crippen molar-refractivity contribution >= 4 is 40.8 Å². The van der Waals surface area contributed by atoms with E-state index in [9.17, 15) is 9.59 Å². The summed E-state index contributed by atoms with van der Waals surface area (Å²) in [6, 6.07) is 5.29. The van der Waals surface area contributed by atoms with Crippen LogP contribution in [0.2, 0.25) is 5.02 Å². The number of anilines is 1. The molecule has 3 rings (SSSR count). The lowest BCUT2D eigenvalue weighted by Crippen LogP contribution is -2.31. The molecule has 6 nitrogen and oxygen atoms in total. The number of likely N-dealkylation sites (N-methyl/N-ethyl adjacent to an activating group) is 1. The highest BCUT2D eigenvalue weighted by atomic mass is 35.5. The molecule has 2 aromatic rings. The van der Waals surface area contributed by atoms with E-state index in [1.165, 1.54) is 0 Å². The van der Waals surface area contributed by atoms with Gasteiger partial charge in [-0.05, 0) is 57.8 Å². The van der Waals surface area contributed by atoms with E-state index in [0.717, 1.165) is 34.7 Å². The number of aromatic amines is 1. The molecule has 142 valence electrons. The third-order valence-corrected chi connectivity index (χ3v) is 4.84. The van der Waals surface area contributed by atoms with Crippen molar-refractivity contribution in [2.24, 2.45) is 0 Å². The highest BCUT2D eigenvalue weighted by Gasteiger charge is 2.25. The normalized spacial score (nSPS) is 14.6. The molecule has 0 atom stereocenters. The van der Waals surface area contributed by atoms with Gasteiger partial charge in [-0.15, -0.1) is 0 Å². The van der Waals surface area contributed by atoms with Crippen LogP contribution < -0.4 is 10.6 Å². The number of nitrogens with one attached hydrogen (secondary N) is 3. The molecule has 1 aliphatic heterocycles. The molecule has 0 radical (unpaired) electrons. The maximum atomic E-state index is 12.6. The second kappa shape index (κ2) is 7.58. The molecule has 0 aliphatic carbocycles. The second-order valence-corrected chi connectivity index (χ2v) is 7.36. The molecule has 0 unspecified atom stereocenters. The van der Waals surface area contributed by atoms with Gasteiger partial charge in [0, 0.05) is 40.8 Å². The molecule has 27 heavy (non-hydrogen) atoms. The predicted octanol–water partition coefficient (Wildman–Crippen LogP) is 3.07. The fraction of sp³-hybridized carbons (Fsp3) is 0.300. The first-order valence-electron chi connectivity index (χ1n) is 8.73. The lowest BCUT2D eigenvalue weighted by Gasteiger charge is -2.10. The standard InChI is InChI=1S/C20H23ClN4O2/c1-11-17(23-12(2)18(11)20(27)22-7-8-25(3)4)10-15-14-9-13(21)5-6-16(14)24-19(15)26/h5-6,9-10,23H,7-8H2,1-4H3,(H,22,27)(H,24,26)/b15-10-. The summed E-state index contributed by atoms with van der Waals surface area (Å²) in [5, 5.41) is 6.33. The molecule has 0 fully saturated rings. The number of halogens is 1. The number of aryl methyl sites for hydroxylation is 1. The number of nitrogens with zero attached hydrogens (tertiary/aromatic N) is 1. The number of carbonyl (C=O) groups is 2. The summed E-state index contributed by atoms with van der Waals surface area (Å²) >= 11 is 6.08. The van der Waals surface area contributed by atoms with Crippen LogP contribution in [0.5, 0.6) is 0 Å². The van der Waals surface area contributed by atoms with Gasteiger partial charge in [0.1, 0.15) is 0 Å². The molecule has 0 bridgehead atoms. The van der Waals surface area contributed by atoms with Gasteiger partial charge in [0.05, 0.1) is 11.1 Å². The van der Waals surface area contributed by atoms with Crippen LogP contribution in [0.1, 0.15) is 32.9 Å². The minimum absolute atomic E-state index is 0.118. The van der Waals surface area contributed by atoms with Gasteiger partial charge in [-0.2, -0.15) is 0 Å². The van der Waals surface area contributed by atoms with Crippen LogP contribution in [0.15, 0.2) is 18.2 Å². The zero-order valence-electron chi connectivity index (χ0n) is 15.9. The van der Waals surface area contributed by atoms with E-state index in [-0.39, 0.29) is 11.8 Å². The average molecular weight is 387 g/mol. The summed E-state index contributed by atoms with van der Waals surface area (Å²) in [4.78, 5) is 30.2. The lowest BCUT2D eigenvalue weighted by molar-refractivity contribution is -0.110. The Bertz CT molecular complexity index is 944. The number of rotatable bonds is 5. The summed E-state index contributed by atoms with van der Waals surface area (Å²) < 4.78 is 0. The molecule has 0 saturated heterocycles. The van der Waals surface area contributed by atoms with Crippen molar-refractivity contribution < 1.29 is 9.59 Å². The van der Waals surface area contributed by atoms with E-state index in [2.05, 4.69) is 15.6 Å². The van der Waals surface area contributed by atoms with Crippen molar-refractivity contribution in [3.63, 3.8) is 0 Å². The Morgan fingerprint density at radius 2 is 2.04 bits per heavy atom. The molecule has 1 aromatic heterocycles. The molecule has 0 spiro atoms. The third-order valence-electron chi connectivity index (χ3n) is 4.60. The van der Waals surface area contributed by atoms with Crippen LogP contribution in [-0.2, 0) is 4.79 Å². The topological polar surface area (TPSA) is 77.2 Å². The Balaban J connectivity index is 1.91. The number of hydrogen-bond acceptors (Lipinski definition) is 3. The fourth-order valence-electron chi connectivity index (χ4n) is 3.19. The Hall–Kier alpha value is -2.57. The largest absolute Gasteiger partial charge is 0.358 e. The molecule has 7 heteroatoms. The summed E-state index contributed by atoms with van der Waals surface area (Å²) in [6.45, 7) is 5.07. The lowest BCUT2D eigenvalue weighted by atomic mass is 10.0. The Kier molecular flexibility index (Phi) is 5.39. The van der Waals surface area contributed by atoms with E-state index >= 15 is 0 Å². The van der Waals surface area contributed by atoms with E-state index < -0.39 is 0 Å². The van der Waals surface area contributed by atoms with E-state index in [0.29, 0.717) is 22.7 Å². The Morgan fingerprint density at radius 3 is 2.74 bits per heavy atom. The highest BCUT2D eigenvalue weighted by molar-refractivity contribution is 6.36. The van der Waals surface area contributed by atoms with Crippen LogP contribution in [0.4, 0.5) is 5.69 Å². The smallest absolute Gasteiger partial charge is 0.256 e. The number of aromatic nitrogens is 1. The van der Waals surface area contributed by atoms with Gasteiger partial charge in [0.2, 0.25) is 0 Å². The van der Waals surface area contributed by atoms with Gasteiger partial charge >= 0.3 is 0 Å². The summed E-state index contributed by atoms with van der Waals surface area (Å²) in [5.41, 5.74) is 4.96. The Labute approximate surface area is 163 Å². The number of H-pyrrole nitrogens is 1. The van der Waals surface area contributed by atoms with Crippen LogP contribution in [0.3, 0.4) is 0 Å². The first-order chi connectivity index (χ1) is 12.8. The SMILES string of the molecule is Cc1[nH]c(/C=C2\C(=O)Nc3ccc(Cl)cc32)c(C)c1C(=O)NCCN(C)C. The number of hydrogen-bond donors (Lipinski definition) is 3. The van der Waals surface area contributed by atoms with Gasteiger partial charge in [-0.1, -0.05) is 11.6 Å². The number of carbonyl (C=O) groups excluding carboxylic acids is 2. The third kappa shape index (κ3) is 3.91. The average Bonchev–Trinajstić information content (AvgIpc) is 3.04. The molecule has 2 heterocycles. The number of benzene rings is 1. The minimum Gasteiger partial charge on any atom is -0.358 e. The molecule has 1 aliphatic rings. The molecular formula is C20H23ClN4O2. The van der Waals surface area contributed by atoms with E-state index in [4.69, 9.17) is 11.6 Å². The molecule has 0 saturated carbocycles.